The van der Waals surface area contributed by atoms with Crippen LogP contribution in [0.15, 0.2) is 28.7 Å². The summed E-state index contributed by atoms with van der Waals surface area (Å²) >= 11 is 0. The predicted octanol–water partition coefficient (Wildman–Crippen LogP) is 4.84. The minimum absolute atomic E-state index is 0.304. The molecule has 0 aliphatic heterocycles. The van der Waals surface area contributed by atoms with Crippen molar-refractivity contribution in [3.05, 3.63) is 35.6 Å². The first-order chi connectivity index (χ1) is 9.79. The molecule has 1 saturated carbocycles. The van der Waals surface area contributed by atoms with Crippen molar-refractivity contribution in [3.63, 3.8) is 0 Å². The Morgan fingerprint density at radius 2 is 2.00 bits per heavy atom. The molecule has 1 aliphatic rings. The molecule has 2 aromatic rings. The summed E-state index contributed by atoms with van der Waals surface area (Å²) in [6.07, 6.45) is 6.62. The van der Waals surface area contributed by atoms with Crippen LogP contribution in [-0.2, 0) is 6.42 Å². The Labute approximate surface area is 121 Å². The number of furan rings is 1. The Balaban J connectivity index is 1.77. The molecule has 2 heteroatoms. The average Bonchev–Trinajstić information content (AvgIpc) is 3.11. The highest BCUT2D eigenvalue weighted by Gasteiger charge is 2.20. The van der Waals surface area contributed by atoms with Crippen LogP contribution in [0.1, 0.15) is 56.9 Å². The highest BCUT2D eigenvalue weighted by molar-refractivity contribution is 5.82. The van der Waals surface area contributed by atoms with Crippen molar-refractivity contribution in [3.8, 4) is 0 Å². The van der Waals surface area contributed by atoms with E-state index in [1.54, 1.807) is 0 Å². The number of aryl methyl sites for hydroxylation is 1. The second kappa shape index (κ2) is 6.01. The van der Waals surface area contributed by atoms with E-state index in [9.17, 15) is 0 Å². The number of benzene rings is 1. The molecule has 1 aromatic heterocycles. The molecule has 1 unspecified atom stereocenters. The highest BCUT2D eigenvalue weighted by atomic mass is 16.3. The van der Waals surface area contributed by atoms with Gasteiger partial charge < -0.3 is 9.73 Å². The van der Waals surface area contributed by atoms with Crippen LogP contribution in [0.5, 0.6) is 0 Å². The first kappa shape index (κ1) is 13.7. The van der Waals surface area contributed by atoms with Gasteiger partial charge in [0.05, 0.1) is 6.04 Å². The highest BCUT2D eigenvalue weighted by Crippen LogP contribution is 2.31. The smallest absolute Gasteiger partial charge is 0.134 e. The number of nitrogens with one attached hydrogen (secondary N) is 1. The zero-order valence-electron chi connectivity index (χ0n) is 12.6. The topological polar surface area (TPSA) is 25.2 Å². The lowest BCUT2D eigenvalue weighted by Gasteiger charge is -2.16. The van der Waals surface area contributed by atoms with Gasteiger partial charge in [-0.3, -0.25) is 0 Å². The minimum Gasteiger partial charge on any atom is -0.459 e. The summed E-state index contributed by atoms with van der Waals surface area (Å²) in [5, 5.41) is 4.96. The van der Waals surface area contributed by atoms with Crippen molar-refractivity contribution >= 4 is 11.0 Å². The first-order valence-corrected chi connectivity index (χ1v) is 8.03. The summed E-state index contributed by atoms with van der Waals surface area (Å²) in [6.45, 7) is 5.57. The van der Waals surface area contributed by atoms with Gasteiger partial charge in [-0.1, -0.05) is 38.0 Å². The largest absolute Gasteiger partial charge is 0.459 e. The van der Waals surface area contributed by atoms with Gasteiger partial charge in [0.25, 0.3) is 0 Å². The standard InChI is InChI=1S/C18H25NO/c1-3-15-16-10-6-7-11-17(16)20-18(15)13(2)19-12-14-8-4-5-9-14/h6-7,10-11,13-14,19H,3-5,8-9,12H2,1-2H3. The van der Waals surface area contributed by atoms with E-state index in [4.69, 9.17) is 4.42 Å². The van der Waals surface area contributed by atoms with Gasteiger partial charge in [0.15, 0.2) is 0 Å². The van der Waals surface area contributed by atoms with Crippen LogP contribution in [-0.4, -0.2) is 6.54 Å². The van der Waals surface area contributed by atoms with Gasteiger partial charge in [0.1, 0.15) is 11.3 Å². The molecule has 1 N–H and O–H groups in total. The van der Waals surface area contributed by atoms with Crippen molar-refractivity contribution in [2.45, 2.75) is 52.0 Å². The van der Waals surface area contributed by atoms with E-state index < -0.39 is 0 Å². The molecule has 0 amide bonds. The van der Waals surface area contributed by atoms with Crippen molar-refractivity contribution in [2.75, 3.05) is 6.54 Å². The number of hydrogen-bond donors (Lipinski definition) is 1. The molecule has 1 atom stereocenters. The zero-order valence-corrected chi connectivity index (χ0v) is 12.6. The van der Waals surface area contributed by atoms with Crippen LogP contribution >= 0.6 is 0 Å². The Kier molecular flexibility index (Phi) is 4.11. The number of para-hydroxylation sites is 1. The van der Waals surface area contributed by atoms with Crippen LogP contribution < -0.4 is 5.32 Å². The van der Waals surface area contributed by atoms with Crippen LogP contribution in [0.2, 0.25) is 0 Å². The summed E-state index contributed by atoms with van der Waals surface area (Å²) < 4.78 is 6.10. The molecule has 0 spiro atoms. The fraction of sp³-hybridized carbons (Fsp3) is 0.556. The van der Waals surface area contributed by atoms with Crippen molar-refractivity contribution in [1.29, 1.82) is 0 Å². The molecular formula is C18H25NO. The number of fused-ring (bicyclic) bond motifs is 1. The lowest BCUT2D eigenvalue weighted by molar-refractivity contribution is 0.404. The van der Waals surface area contributed by atoms with E-state index in [0.717, 1.165) is 30.2 Å². The molecular weight excluding hydrogens is 246 g/mol. The quantitative estimate of drug-likeness (QED) is 0.842. The van der Waals surface area contributed by atoms with Crippen LogP contribution in [0.3, 0.4) is 0 Å². The fourth-order valence-electron chi connectivity index (χ4n) is 3.48. The third kappa shape index (κ3) is 2.62. The third-order valence-corrected chi connectivity index (χ3v) is 4.66. The van der Waals surface area contributed by atoms with E-state index in [0.29, 0.717) is 6.04 Å². The summed E-state index contributed by atoms with van der Waals surface area (Å²) in [4.78, 5) is 0. The number of rotatable bonds is 5. The van der Waals surface area contributed by atoms with Crippen LogP contribution in [0.25, 0.3) is 11.0 Å². The molecule has 0 saturated heterocycles. The summed E-state index contributed by atoms with van der Waals surface area (Å²) in [5.41, 5.74) is 2.39. The summed E-state index contributed by atoms with van der Waals surface area (Å²) in [7, 11) is 0. The van der Waals surface area contributed by atoms with Gasteiger partial charge >= 0.3 is 0 Å². The SMILES string of the molecule is CCc1c(C(C)NCC2CCCC2)oc2ccccc12. The fourth-order valence-corrected chi connectivity index (χ4v) is 3.48. The first-order valence-electron chi connectivity index (χ1n) is 8.03. The lowest BCUT2D eigenvalue weighted by Crippen LogP contribution is -2.24. The maximum absolute atomic E-state index is 6.10. The number of hydrogen-bond acceptors (Lipinski definition) is 2. The molecule has 3 rings (SSSR count). The van der Waals surface area contributed by atoms with Gasteiger partial charge in [0, 0.05) is 10.9 Å². The Hall–Kier alpha value is -1.28. The molecule has 1 aliphatic carbocycles. The van der Waals surface area contributed by atoms with Gasteiger partial charge in [0.2, 0.25) is 0 Å². The van der Waals surface area contributed by atoms with E-state index in [1.807, 2.05) is 6.07 Å². The summed E-state index contributed by atoms with van der Waals surface area (Å²) in [5.74, 6) is 2.00. The van der Waals surface area contributed by atoms with Gasteiger partial charge in [-0.15, -0.1) is 0 Å². The van der Waals surface area contributed by atoms with Gasteiger partial charge in [-0.25, -0.2) is 0 Å². The van der Waals surface area contributed by atoms with E-state index in [1.165, 1.54) is 36.6 Å². The van der Waals surface area contributed by atoms with Crippen LogP contribution in [0.4, 0.5) is 0 Å². The maximum atomic E-state index is 6.10. The third-order valence-electron chi connectivity index (χ3n) is 4.66. The molecule has 20 heavy (non-hydrogen) atoms. The molecule has 2 nitrogen and oxygen atoms in total. The monoisotopic (exact) mass is 271 g/mol. The van der Waals surface area contributed by atoms with Gasteiger partial charge in [-0.05, 0) is 44.7 Å². The maximum Gasteiger partial charge on any atom is 0.134 e. The molecule has 0 bridgehead atoms. The molecule has 1 aromatic carbocycles. The van der Waals surface area contributed by atoms with Crippen molar-refractivity contribution in [2.24, 2.45) is 5.92 Å². The lowest BCUT2D eigenvalue weighted by atomic mass is 10.0. The Morgan fingerprint density at radius 3 is 2.75 bits per heavy atom. The average molecular weight is 271 g/mol. The Bertz CT molecular complexity index is 566. The van der Waals surface area contributed by atoms with E-state index in [2.05, 4.69) is 37.4 Å². The van der Waals surface area contributed by atoms with Gasteiger partial charge in [-0.2, -0.15) is 0 Å². The van der Waals surface area contributed by atoms with E-state index >= 15 is 0 Å². The second-order valence-electron chi connectivity index (χ2n) is 6.07. The van der Waals surface area contributed by atoms with Crippen molar-refractivity contribution < 1.29 is 4.42 Å². The van der Waals surface area contributed by atoms with Crippen molar-refractivity contribution in [1.82, 2.24) is 5.32 Å². The Morgan fingerprint density at radius 1 is 1.25 bits per heavy atom. The predicted molar refractivity (Wildman–Crippen MR) is 84.0 cm³/mol. The minimum atomic E-state index is 0.304. The normalized spacial score (nSPS) is 17.9. The zero-order chi connectivity index (χ0) is 13.9. The molecule has 108 valence electrons. The molecule has 0 radical (unpaired) electrons. The van der Waals surface area contributed by atoms with Crippen LogP contribution in [0, 0.1) is 5.92 Å². The summed E-state index contributed by atoms with van der Waals surface area (Å²) in [6, 6.07) is 8.69. The molecule has 1 heterocycles. The molecule has 1 fully saturated rings. The second-order valence-corrected chi connectivity index (χ2v) is 6.07. The van der Waals surface area contributed by atoms with E-state index in [-0.39, 0.29) is 0 Å².